The van der Waals surface area contributed by atoms with Crippen LogP contribution in [0.1, 0.15) is 5.56 Å². The third-order valence-corrected chi connectivity index (χ3v) is 3.32. The van der Waals surface area contributed by atoms with E-state index in [1.54, 1.807) is 7.11 Å². The van der Waals surface area contributed by atoms with E-state index in [-0.39, 0.29) is 0 Å². The average Bonchev–Trinajstić information content (AvgIpc) is 2.43. The highest BCUT2D eigenvalue weighted by molar-refractivity contribution is 8.02. The Morgan fingerprint density at radius 3 is 2.89 bits per heavy atom. The van der Waals surface area contributed by atoms with Gasteiger partial charge in [-0.25, -0.2) is 0 Å². The molecule has 4 heteroatoms. The molecule has 0 aliphatic carbocycles. The maximum absolute atomic E-state index is 6.07. The molecule has 0 atom stereocenters. The van der Waals surface area contributed by atoms with Crippen molar-refractivity contribution in [2.75, 3.05) is 13.0 Å². The third-order valence-electron chi connectivity index (χ3n) is 2.71. The van der Waals surface area contributed by atoms with Gasteiger partial charge < -0.3 is 16.2 Å². The van der Waals surface area contributed by atoms with Gasteiger partial charge in [0.15, 0.2) is 0 Å². The SMILES string of the molecule is COc1ccc2c(/C(N)=C/SCN)cccc2c1. The van der Waals surface area contributed by atoms with Crippen molar-refractivity contribution < 1.29 is 4.74 Å². The fourth-order valence-electron chi connectivity index (χ4n) is 1.84. The molecule has 3 nitrogen and oxygen atoms in total. The molecule has 0 aliphatic heterocycles. The molecule has 0 bridgehead atoms. The predicted octanol–water partition coefficient (Wildman–Crippen LogP) is 2.75. The number of ether oxygens (including phenoxy) is 1. The Bertz CT molecular complexity index is 581. The van der Waals surface area contributed by atoms with Crippen LogP contribution in [-0.2, 0) is 0 Å². The van der Waals surface area contributed by atoms with Gasteiger partial charge in [0, 0.05) is 17.1 Å². The van der Waals surface area contributed by atoms with Crippen LogP contribution in [0.5, 0.6) is 5.75 Å². The highest BCUT2D eigenvalue weighted by Crippen LogP contribution is 2.27. The summed E-state index contributed by atoms with van der Waals surface area (Å²) in [6.45, 7) is 0. The molecule has 0 aromatic heterocycles. The lowest BCUT2D eigenvalue weighted by Crippen LogP contribution is -1.98. The summed E-state index contributed by atoms with van der Waals surface area (Å²) in [7, 11) is 1.66. The second-order valence-electron chi connectivity index (χ2n) is 3.80. The van der Waals surface area contributed by atoms with Gasteiger partial charge in [0.05, 0.1) is 7.11 Å². The molecule has 4 N–H and O–H groups in total. The maximum atomic E-state index is 6.07. The quantitative estimate of drug-likeness (QED) is 0.830. The molecule has 2 rings (SSSR count). The van der Waals surface area contributed by atoms with Gasteiger partial charge in [0.1, 0.15) is 5.75 Å². The Hall–Kier alpha value is -1.65. The smallest absolute Gasteiger partial charge is 0.119 e. The second-order valence-corrected chi connectivity index (χ2v) is 4.70. The van der Waals surface area contributed by atoms with Crippen molar-refractivity contribution in [3.63, 3.8) is 0 Å². The Morgan fingerprint density at radius 1 is 1.33 bits per heavy atom. The van der Waals surface area contributed by atoms with E-state index < -0.39 is 0 Å². The van der Waals surface area contributed by atoms with Crippen LogP contribution >= 0.6 is 11.8 Å². The van der Waals surface area contributed by atoms with Gasteiger partial charge in [-0.1, -0.05) is 24.3 Å². The van der Waals surface area contributed by atoms with Crippen molar-refractivity contribution in [1.82, 2.24) is 0 Å². The van der Waals surface area contributed by atoms with Crippen LogP contribution in [0.4, 0.5) is 0 Å². The van der Waals surface area contributed by atoms with E-state index in [1.165, 1.54) is 11.8 Å². The van der Waals surface area contributed by atoms with Gasteiger partial charge in [-0.2, -0.15) is 0 Å². The number of fused-ring (bicyclic) bond motifs is 1. The van der Waals surface area contributed by atoms with Crippen molar-refractivity contribution in [1.29, 1.82) is 0 Å². The lowest BCUT2D eigenvalue weighted by Gasteiger charge is -2.08. The molecule has 2 aromatic carbocycles. The number of hydrogen-bond donors (Lipinski definition) is 2. The summed E-state index contributed by atoms with van der Waals surface area (Å²) in [5.74, 6) is 1.37. The van der Waals surface area contributed by atoms with Crippen molar-refractivity contribution in [2.45, 2.75) is 0 Å². The molecule has 18 heavy (non-hydrogen) atoms. The summed E-state index contributed by atoms with van der Waals surface area (Å²) in [4.78, 5) is 0. The minimum atomic E-state index is 0.527. The second kappa shape index (κ2) is 5.80. The molecule has 0 amide bonds. The maximum Gasteiger partial charge on any atom is 0.119 e. The molecule has 0 saturated carbocycles. The minimum Gasteiger partial charge on any atom is -0.497 e. The molecule has 0 fully saturated rings. The van der Waals surface area contributed by atoms with E-state index in [1.807, 2.05) is 41.8 Å². The lowest BCUT2D eigenvalue weighted by atomic mass is 10.0. The standard InChI is InChI=1S/C14H16N2OS/c1-17-11-5-6-12-10(7-11)3-2-4-13(12)14(16)8-18-9-15/h2-8H,9,15-16H2,1H3/b14-8-. The molecular weight excluding hydrogens is 244 g/mol. The van der Waals surface area contributed by atoms with Crippen LogP contribution in [-0.4, -0.2) is 13.0 Å². The number of hydrogen-bond acceptors (Lipinski definition) is 4. The zero-order chi connectivity index (χ0) is 13.0. The van der Waals surface area contributed by atoms with Crippen molar-refractivity contribution in [3.8, 4) is 5.75 Å². The first-order valence-electron chi connectivity index (χ1n) is 5.60. The van der Waals surface area contributed by atoms with Gasteiger partial charge in [-0.05, 0) is 28.3 Å². The summed E-state index contributed by atoms with van der Waals surface area (Å²) >= 11 is 1.49. The Balaban J connectivity index is 2.52. The first-order chi connectivity index (χ1) is 8.76. The fraction of sp³-hybridized carbons (Fsp3) is 0.143. The van der Waals surface area contributed by atoms with Gasteiger partial charge in [-0.15, -0.1) is 11.8 Å². The molecule has 0 spiro atoms. The summed E-state index contributed by atoms with van der Waals surface area (Å²) in [5, 5.41) is 4.12. The van der Waals surface area contributed by atoms with Crippen molar-refractivity contribution >= 4 is 28.2 Å². The zero-order valence-electron chi connectivity index (χ0n) is 10.2. The van der Waals surface area contributed by atoms with Gasteiger partial charge >= 0.3 is 0 Å². The summed E-state index contributed by atoms with van der Waals surface area (Å²) in [6, 6.07) is 12.0. The Kier molecular flexibility index (Phi) is 4.12. The summed E-state index contributed by atoms with van der Waals surface area (Å²) < 4.78 is 5.22. The van der Waals surface area contributed by atoms with E-state index in [2.05, 4.69) is 0 Å². The molecular formula is C14H16N2OS. The van der Waals surface area contributed by atoms with Gasteiger partial charge in [0.2, 0.25) is 0 Å². The Labute approximate surface area is 111 Å². The molecule has 0 radical (unpaired) electrons. The zero-order valence-corrected chi connectivity index (χ0v) is 11.0. The normalized spacial score (nSPS) is 11.8. The van der Waals surface area contributed by atoms with Crippen LogP contribution in [0.25, 0.3) is 16.5 Å². The number of rotatable bonds is 4. The number of nitrogens with two attached hydrogens (primary N) is 2. The van der Waals surface area contributed by atoms with Crippen LogP contribution in [0.15, 0.2) is 41.8 Å². The summed E-state index contributed by atoms with van der Waals surface area (Å²) in [5.41, 5.74) is 13.3. The highest BCUT2D eigenvalue weighted by atomic mass is 32.2. The van der Waals surface area contributed by atoms with Crippen LogP contribution in [0.2, 0.25) is 0 Å². The van der Waals surface area contributed by atoms with E-state index in [0.717, 1.165) is 27.8 Å². The molecule has 0 heterocycles. The fourth-order valence-corrected chi connectivity index (χ4v) is 2.24. The first-order valence-corrected chi connectivity index (χ1v) is 6.65. The van der Waals surface area contributed by atoms with E-state index in [4.69, 9.17) is 16.2 Å². The lowest BCUT2D eigenvalue weighted by molar-refractivity contribution is 0.415. The number of benzene rings is 2. The number of methoxy groups -OCH3 is 1. The van der Waals surface area contributed by atoms with Gasteiger partial charge in [-0.3, -0.25) is 0 Å². The van der Waals surface area contributed by atoms with E-state index in [0.29, 0.717) is 5.88 Å². The van der Waals surface area contributed by atoms with Crippen molar-refractivity contribution in [3.05, 3.63) is 47.4 Å². The topological polar surface area (TPSA) is 61.3 Å². The van der Waals surface area contributed by atoms with E-state index in [9.17, 15) is 0 Å². The highest BCUT2D eigenvalue weighted by Gasteiger charge is 2.04. The molecule has 0 aliphatic rings. The summed E-state index contributed by atoms with van der Waals surface area (Å²) in [6.07, 6.45) is 0. The monoisotopic (exact) mass is 260 g/mol. The predicted molar refractivity (Wildman–Crippen MR) is 79.3 cm³/mol. The van der Waals surface area contributed by atoms with Crippen LogP contribution in [0, 0.1) is 0 Å². The van der Waals surface area contributed by atoms with Crippen LogP contribution < -0.4 is 16.2 Å². The van der Waals surface area contributed by atoms with Crippen LogP contribution in [0.3, 0.4) is 0 Å². The number of thioether (sulfide) groups is 1. The third kappa shape index (κ3) is 2.60. The molecule has 2 aromatic rings. The Morgan fingerprint density at radius 2 is 2.17 bits per heavy atom. The van der Waals surface area contributed by atoms with Gasteiger partial charge in [0.25, 0.3) is 0 Å². The molecule has 0 saturated heterocycles. The average molecular weight is 260 g/mol. The molecule has 0 unspecified atom stereocenters. The van der Waals surface area contributed by atoms with E-state index >= 15 is 0 Å². The first kappa shape index (κ1) is 12.8. The minimum absolute atomic E-state index is 0.527. The largest absolute Gasteiger partial charge is 0.497 e. The van der Waals surface area contributed by atoms with Crippen molar-refractivity contribution in [2.24, 2.45) is 11.5 Å². The molecule has 94 valence electrons.